The van der Waals surface area contributed by atoms with Crippen LogP contribution in [0.1, 0.15) is 31.4 Å². The maximum atomic E-state index is 13.6. The van der Waals surface area contributed by atoms with Gasteiger partial charge in [0.2, 0.25) is 0 Å². The average Bonchev–Trinajstić information content (AvgIpc) is 3.30. The maximum absolute atomic E-state index is 13.6. The monoisotopic (exact) mass is 430 g/mol. The van der Waals surface area contributed by atoms with Gasteiger partial charge in [0.25, 0.3) is 5.91 Å². The third kappa shape index (κ3) is 2.87. The predicted octanol–water partition coefficient (Wildman–Crippen LogP) is 3.81. The number of rotatable bonds is 2. The molecule has 1 aliphatic carbocycles. The number of carbonyl (C=O) groups excluding carboxylic acids is 2. The van der Waals surface area contributed by atoms with Crippen LogP contribution in [0.4, 0.5) is 5.13 Å². The molecule has 5 unspecified atom stereocenters. The first-order valence-electron chi connectivity index (χ1n) is 9.56. The molecule has 2 aliphatic heterocycles. The molecule has 8 heteroatoms. The quantitative estimate of drug-likeness (QED) is 0.733. The summed E-state index contributed by atoms with van der Waals surface area (Å²) in [5.74, 6) is -0.430. The maximum Gasteiger partial charge on any atom is 0.296 e. The number of hydrogen-bond donors (Lipinski definition) is 1. The van der Waals surface area contributed by atoms with E-state index in [2.05, 4.69) is 4.98 Å². The van der Waals surface area contributed by atoms with Crippen molar-refractivity contribution in [3.63, 3.8) is 0 Å². The van der Waals surface area contributed by atoms with Gasteiger partial charge in [-0.1, -0.05) is 19.1 Å². The minimum absolute atomic E-state index is 0.0671. The number of phenols is 1. The highest BCUT2D eigenvalue weighted by atomic mass is 35.5. The summed E-state index contributed by atoms with van der Waals surface area (Å²) in [6.45, 7) is 2.04. The zero-order chi connectivity index (χ0) is 20.3. The second-order valence-electron chi connectivity index (χ2n) is 7.82. The summed E-state index contributed by atoms with van der Waals surface area (Å²) in [5, 5.41) is 12.2. The van der Waals surface area contributed by atoms with E-state index in [4.69, 9.17) is 16.3 Å². The van der Waals surface area contributed by atoms with Gasteiger partial charge < -0.3 is 9.84 Å². The van der Waals surface area contributed by atoms with Crippen molar-refractivity contribution in [2.24, 2.45) is 11.8 Å². The van der Waals surface area contributed by atoms with Gasteiger partial charge in [-0.2, -0.15) is 0 Å². The smallest absolute Gasteiger partial charge is 0.296 e. The predicted molar refractivity (Wildman–Crippen MR) is 109 cm³/mol. The van der Waals surface area contributed by atoms with E-state index in [1.165, 1.54) is 16.2 Å². The molecule has 150 valence electrons. The molecular formula is C21H19ClN2O4S. The Balaban J connectivity index is 1.64. The summed E-state index contributed by atoms with van der Waals surface area (Å²) < 4.78 is 6.15. The van der Waals surface area contributed by atoms with Crippen LogP contribution in [-0.4, -0.2) is 33.3 Å². The van der Waals surface area contributed by atoms with Gasteiger partial charge in [0, 0.05) is 17.0 Å². The average molecular weight is 431 g/mol. The van der Waals surface area contributed by atoms with Crippen LogP contribution in [0.5, 0.6) is 5.75 Å². The molecule has 0 spiro atoms. The number of benzene rings is 1. The third-order valence-electron chi connectivity index (χ3n) is 6.02. The molecule has 3 aliphatic rings. The minimum atomic E-state index is -0.683. The van der Waals surface area contributed by atoms with E-state index >= 15 is 0 Å². The van der Waals surface area contributed by atoms with Gasteiger partial charge in [0.05, 0.1) is 17.5 Å². The Morgan fingerprint density at radius 1 is 1.31 bits per heavy atom. The Hall–Kier alpha value is -2.38. The van der Waals surface area contributed by atoms with Gasteiger partial charge in [0.1, 0.15) is 11.9 Å². The van der Waals surface area contributed by atoms with Crippen LogP contribution in [0.3, 0.4) is 0 Å². The number of alkyl halides is 1. The number of ether oxygens (including phenoxy) is 1. The Bertz CT molecular complexity index is 1020. The highest BCUT2D eigenvalue weighted by molar-refractivity contribution is 7.13. The topological polar surface area (TPSA) is 79.7 Å². The van der Waals surface area contributed by atoms with E-state index in [1.54, 1.807) is 35.8 Å². The van der Waals surface area contributed by atoms with Crippen LogP contribution in [0.15, 0.2) is 47.2 Å². The van der Waals surface area contributed by atoms with Crippen LogP contribution in [0.25, 0.3) is 0 Å². The van der Waals surface area contributed by atoms with Gasteiger partial charge in [-0.3, -0.25) is 14.5 Å². The Labute approximate surface area is 176 Å². The lowest BCUT2D eigenvalue weighted by atomic mass is 9.74. The second kappa shape index (κ2) is 6.85. The molecule has 5 rings (SSSR count). The summed E-state index contributed by atoms with van der Waals surface area (Å²) in [5.41, 5.74) is 0.982. The number of halogens is 1. The van der Waals surface area contributed by atoms with Crippen LogP contribution < -0.4 is 4.90 Å². The molecule has 3 heterocycles. The lowest BCUT2D eigenvalue weighted by molar-refractivity contribution is -0.132. The largest absolute Gasteiger partial charge is 0.508 e. The molecule has 1 amide bonds. The van der Waals surface area contributed by atoms with Crippen molar-refractivity contribution in [1.29, 1.82) is 0 Å². The first-order valence-corrected chi connectivity index (χ1v) is 10.9. The third-order valence-corrected chi connectivity index (χ3v) is 7.40. The van der Waals surface area contributed by atoms with E-state index in [0.717, 1.165) is 0 Å². The molecule has 0 bridgehead atoms. The van der Waals surface area contributed by atoms with Crippen LogP contribution >= 0.6 is 22.9 Å². The lowest BCUT2D eigenvalue weighted by Crippen LogP contribution is -2.44. The SMILES string of the molecule is CC1CC2OC3=C(C(=O)C2CC1Cl)C(c1cccc(O)c1)N(c1nccs1)C3=O. The van der Waals surface area contributed by atoms with E-state index in [-0.39, 0.29) is 46.5 Å². The van der Waals surface area contributed by atoms with Gasteiger partial charge >= 0.3 is 0 Å². The van der Waals surface area contributed by atoms with Crippen LogP contribution in [-0.2, 0) is 14.3 Å². The molecule has 1 N–H and O–H groups in total. The van der Waals surface area contributed by atoms with E-state index in [0.29, 0.717) is 29.1 Å². The van der Waals surface area contributed by atoms with Crippen molar-refractivity contribution in [3.8, 4) is 5.75 Å². The number of carbonyl (C=O) groups is 2. The summed E-state index contributed by atoms with van der Waals surface area (Å²) in [6, 6.07) is 5.93. The molecule has 1 saturated carbocycles. The number of nitrogens with zero attached hydrogens (tertiary/aromatic N) is 2. The standard InChI is InChI=1S/C21H19ClN2O4S/c1-10-7-15-13(9-14(10)22)18(26)16-17(11-3-2-4-12(25)8-11)24(20(27)19(16)28-15)21-23-5-6-29-21/h2-6,8,10,13-15,17,25H,7,9H2,1H3. The molecule has 29 heavy (non-hydrogen) atoms. The molecule has 5 atom stereocenters. The van der Waals surface area contributed by atoms with E-state index < -0.39 is 6.04 Å². The van der Waals surface area contributed by atoms with Crippen molar-refractivity contribution >= 4 is 39.8 Å². The van der Waals surface area contributed by atoms with Crippen molar-refractivity contribution < 1.29 is 19.4 Å². The number of aromatic nitrogens is 1. The van der Waals surface area contributed by atoms with Gasteiger partial charge in [0.15, 0.2) is 16.7 Å². The number of ketones is 1. The fourth-order valence-corrected chi connectivity index (χ4v) is 5.52. The zero-order valence-electron chi connectivity index (χ0n) is 15.6. The molecule has 1 aromatic carbocycles. The van der Waals surface area contributed by atoms with E-state index in [9.17, 15) is 14.7 Å². The van der Waals surface area contributed by atoms with Crippen LogP contribution in [0.2, 0.25) is 0 Å². The highest BCUT2D eigenvalue weighted by Gasteiger charge is 2.54. The lowest BCUT2D eigenvalue weighted by Gasteiger charge is -2.39. The molecule has 1 aromatic heterocycles. The number of aromatic hydroxyl groups is 1. The molecule has 0 saturated heterocycles. The first-order chi connectivity index (χ1) is 14.0. The Morgan fingerprint density at radius 3 is 2.86 bits per heavy atom. The number of phenolic OH excluding ortho intramolecular Hbond substituents is 1. The normalized spacial score (nSPS) is 31.5. The second-order valence-corrected chi connectivity index (χ2v) is 9.26. The number of anilines is 1. The number of thiazole rings is 1. The molecule has 1 fully saturated rings. The van der Waals surface area contributed by atoms with Gasteiger partial charge in [-0.25, -0.2) is 4.98 Å². The fourth-order valence-electron chi connectivity index (χ4n) is 4.56. The van der Waals surface area contributed by atoms with Crippen molar-refractivity contribution in [2.75, 3.05) is 4.90 Å². The summed E-state index contributed by atoms with van der Waals surface area (Å²) >= 11 is 7.78. The summed E-state index contributed by atoms with van der Waals surface area (Å²) in [6.07, 6.45) is 2.45. The Morgan fingerprint density at radius 2 is 2.14 bits per heavy atom. The van der Waals surface area contributed by atoms with Crippen molar-refractivity contribution in [2.45, 2.75) is 37.3 Å². The van der Waals surface area contributed by atoms with Gasteiger partial charge in [-0.05, 0) is 36.5 Å². The molecule has 6 nitrogen and oxygen atoms in total. The van der Waals surface area contributed by atoms with Crippen molar-refractivity contribution in [3.05, 3.63) is 52.7 Å². The van der Waals surface area contributed by atoms with Gasteiger partial charge in [-0.15, -0.1) is 22.9 Å². The minimum Gasteiger partial charge on any atom is -0.508 e. The Kier molecular flexibility index (Phi) is 4.40. The highest BCUT2D eigenvalue weighted by Crippen LogP contribution is 2.49. The number of Topliss-reactive ketones (excluding diaryl/α,β-unsaturated/α-hetero) is 1. The summed E-state index contributed by atoms with van der Waals surface area (Å²) in [7, 11) is 0. The zero-order valence-corrected chi connectivity index (χ0v) is 17.2. The molecule has 0 radical (unpaired) electrons. The van der Waals surface area contributed by atoms with Crippen molar-refractivity contribution in [1.82, 2.24) is 4.98 Å². The van der Waals surface area contributed by atoms with E-state index in [1.807, 2.05) is 6.92 Å². The first kappa shape index (κ1) is 18.6. The number of fused-ring (bicyclic) bond motifs is 1. The fraction of sp³-hybridized carbons (Fsp3) is 0.381. The van der Waals surface area contributed by atoms with Crippen LogP contribution in [0, 0.1) is 11.8 Å². The number of hydrogen-bond acceptors (Lipinski definition) is 6. The number of amides is 1. The molecular weight excluding hydrogens is 412 g/mol. The molecule has 2 aromatic rings. The summed E-state index contributed by atoms with van der Waals surface area (Å²) in [4.78, 5) is 32.7.